The molecule has 0 amide bonds. The first-order chi connectivity index (χ1) is 12.3. The highest BCUT2D eigenvalue weighted by atomic mass is 79.9. The Hall–Kier alpha value is -1.60. The van der Waals surface area contributed by atoms with Gasteiger partial charge in [0.25, 0.3) is 0 Å². The molecule has 0 aliphatic heterocycles. The molecule has 3 atom stereocenters. The fraction of sp³-hybridized carbons (Fsp3) is 0.333. The second-order valence-corrected chi connectivity index (χ2v) is 7.90. The van der Waals surface area contributed by atoms with Gasteiger partial charge < -0.3 is 0 Å². The molecule has 1 fully saturated rings. The van der Waals surface area contributed by atoms with E-state index in [-0.39, 0.29) is 0 Å². The van der Waals surface area contributed by atoms with Gasteiger partial charge in [-0.15, -0.1) is 0 Å². The van der Waals surface area contributed by atoms with Gasteiger partial charge in [0.05, 0.1) is 0 Å². The maximum absolute atomic E-state index is 3.56. The summed E-state index contributed by atoms with van der Waals surface area (Å²) in [4.78, 5) is 0. The van der Waals surface area contributed by atoms with Crippen LogP contribution >= 0.6 is 15.9 Å². The number of hydrogen-bond acceptors (Lipinski definition) is 0. The lowest BCUT2D eigenvalue weighted by Crippen LogP contribution is -2.34. The van der Waals surface area contributed by atoms with Crippen molar-refractivity contribution in [3.8, 4) is 0 Å². The summed E-state index contributed by atoms with van der Waals surface area (Å²) in [5, 5.41) is 0. The summed E-state index contributed by atoms with van der Waals surface area (Å²) in [5.74, 6) is 2.12. The third-order valence-corrected chi connectivity index (χ3v) is 6.47. The lowest BCUT2D eigenvalue weighted by Gasteiger charge is -2.49. The summed E-state index contributed by atoms with van der Waals surface area (Å²) in [5.41, 5.74) is 7.78. The number of fused-ring (bicyclic) bond motifs is 6. The predicted molar refractivity (Wildman–Crippen MR) is 111 cm³/mol. The summed E-state index contributed by atoms with van der Waals surface area (Å²) in [6.07, 6.45) is 8.63. The first-order valence-electron chi connectivity index (χ1n) is 9.58. The van der Waals surface area contributed by atoms with Gasteiger partial charge >= 0.3 is 0 Å². The molecule has 0 heterocycles. The molecule has 3 aliphatic carbocycles. The Morgan fingerprint density at radius 2 is 1.52 bits per heavy atom. The molecule has 3 aliphatic rings. The van der Waals surface area contributed by atoms with Crippen LogP contribution in [0, 0.1) is 5.92 Å². The van der Waals surface area contributed by atoms with Crippen LogP contribution in [-0.2, 0) is 0 Å². The molecular weight excluding hydrogens is 368 g/mol. The standard InChI is InChI=1S/C22H19Br.C2H6/c23-15-10-8-14(9-11-15)16-6-3-7-20-18-5-2-1-4-17(18)19-12-13-21(19)22(16)20;1-2/h1-6,8-11,19-21H,7,12-13H2;1-2H3. The van der Waals surface area contributed by atoms with E-state index in [2.05, 4.69) is 76.6 Å². The molecule has 2 aromatic rings. The molecular formula is C24H25Br. The zero-order chi connectivity index (χ0) is 17.4. The Kier molecular flexibility index (Phi) is 4.69. The molecule has 1 heteroatoms. The van der Waals surface area contributed by atoms with Crippen LogP contribution in [0.2, 0.25) is 0 Å². The normalized spacial score (nSPS) is 25.8. The summed E-state index contributed by atoms with van der Waals surface area (Å²) in [7, 11) is 0. The fourth-order valence-electron chi connectivity index (χ4n) is 4.79. The molecule has 0 spiro atoms. The van der Waals surface area contributed by atoms with Crippen LogP contribution in [0.4, 0.5) is 0 Å². The van der Waals surface area contributed by atoms with Crippen molar-refractivity contribution in [3.05, 3.63) is 87.4 Å². The lowest BCUT2D eigenvalue weighted by atomic mass is 9.55. The van der Waals surface area contributed by atoms with Crippen LogP contribution in [-0.4, -0.2) is 0 Å². The van der Waals surface area contributed by atoms with Crippen LogP contribution in [0.25, 0.3) is 5.57 Å². The van der Waals surface area contributed by atoms with Crippen molar-refractivity contribution in [2.45, 2.75) is 44.9 Å². The van der Waals surface area contributed by atoms with Crippen LogP contribution in [0.1, 0.15) is 61.6 Å². The predicted octanol–water partition coefficient (Wildman–Crippen LogP) is 7.48. The van der Waals surface area contributed by atoms with E-state index in [0.29, 0.717) is 5.92 Å². The SMILES string of the molecule is Brc1ccc(C2=C3C(CC=C2)c2ccccc2C2CCC32)cc1.CC. The van der Waals surface area contributed by atoms with Crippen molar-refractivity contribution in [2.75, 3.05) is 0 Å². The van der Waals surface area contributed by atoms with Crippen LogP contribution in [0.5, 0.6) is 0 Å². The first kappa shape index (κ1) is 16.8. The zero-order valence-electron chi connectivity index (χ0n) is 15.0. The Balaban J connectivity index is 0.000000758. The third-order valence-electron chi connectivity index (χ3n) is 5.94. The van der Waals surface area contributed by atoms with Gasteiger partial charge in [-0.2, -0.15) is 0 Å². The van der Waals surface area contributed by atoms with Crippen molar-refractivity contribution < 1.29 is 0 Å². The van der Waals surface area contributed by atoms with Gasteiger partial charge in [0, 0.05) is 10.4 Å². The van der Waals surface area contributed by atoms with E-state index in [1.165, 1.54) is 24.0 Å². The summed E-state index contributed by atoms with van der Waals surface area (Å²) in [6, 6.07) is 18.0. The molecule has 1 saturated carbocycles. The molecule has 0 radical (unpaired) electrons. The zero-order valence-corrected chi connectivity index (χ0v) is 16.6. The highest BCUT2D eigenvalue weighted by Crippen LogP contribution is 2.59. The second-order valence-electron chi connectivity index (χ2n) is 6.99. The first-order valence-corrected chi connectivity index (χ1v) is 10.4. The van der Waals surface area contributed by atoms with E-state index in [4.69, 9.17) is 0 Å². The molecule has 5 rings (SSSR count). The fourth-order valence-corrected chi connectivity index (χ4v) is 5.05. The topological polar surface area (TPSA) is 0 Å². The molecule has 25 heavy (non-hydrogen) atoms. The van der Waals surface area contributed by atoms with E-state index in [1.807, 2.05) is 13.8 Å². The van der Waals surface area contributed by atoms with Gasteiger partial charge in [0.15, 0.2) is 0 Å². The quantitative estimate of drug-likeness (QED) is 0.471. The minimum absolute atomic E-state index is 0.594. The molecule has 0 aromatic heterocycles. The number of hydrogen-bond donors (Lipinski definition) is 0. The van der Waals surface area contributed by atoms with Gasteiger partial charge in [-0.3, -0.25) is 0 Å². The minimum Gasteiger partial charge on any atom is -0.0830 e. The van der Waals surface area contributed by atoms with Crippen molar-refractivity contribution in [3.63, 3.8) is 0 Å². The van der Waals surface area contributed by atoms with Gasteiger partial charge in [0.1, 0.15) is 0 Å². The van der Waals surface area contributed by atoms with Crippen molar-refractivity contribution in [1.29, 1.82) is 0 Å². The number of benzene rings is 2. The van der Waals surface area contributed by atoms with E-state index < -0.39 is 0 Å². The maximum Gasteiger partial charge on any atom is 0.0175 e. The average molecular weight is 393 g/mol. The van der Waals surface area contributed by atoms with Crippen LogP contribution in [0.3, 0.4) is 0 Å². The number of allylic oxidation sites excluding steroid dienone is 4. The van der Waals surface area contributed by atoms with E-state index in [1.54, 1.807) is 16.7 Å². The van der Waals surface area contributed by atoms with Crippen molar-refractivity contribution >= 4 is 21.5 Å². The van der Waals surface area contributed by atoms with E-state index >= 15 is 0 Å². The van der Waals surface area contributed by atoms with Crippen molar-refractivity contribution in [2.24, 2.45) is 5.92 Å². The highest BCUT2D eigenvalue weighted by Gasteiger charge is 2.44. The molecule has 128 valence electrons. The van der Waals surface area contributed by atoms with E-state index in [0.717, 1.165) is 22.7 Å². The number of halogens is 1. The van der Waals surface area contributed by atoms with Gasteiger partial charge in [-0.25, -0.2) is 0 Å². The van der Waals surface area contributed by atoms with Gasteiger partial charge in [-0.1, -0.05) is 83.9 Å². The molecule has 3 unspecified atom stereocenters. The smallest absolute Gasteiger partial charge is 0.0175 e. The largest absolute Gasteiger partial charge is 0.0830 e. The van der Waals surface area contributed by atoms with E-state index in [9.17, 15) is 0 Å². The molecule has 2 aromatic carbocycles. The number of rotatable bonds is 1. The highest BCUT2D eigenvalue weighted by molar-refractivity contribution is 9.10. The Morgan fingerprint density at radius 3 is 2.20 bits per heavy atom. The van der Waals surface area contributed by atoms with Gasteiger partial charge in [-0.05, 0) is 65.5 Å². The minimum atomic E-state index is 0.594. The summed E-state index contributed by atoms with van der Waals surface area (Å²) in [6.45, 7) is 4.00. The maximum atomic E-state index is 3.56. The van der Waals surface area contributed by atoms with Crippen LogP contribution in [0.15, 0.2) is 70.7 Å². The van der Waals surface area contributed by atoms with Crippen LogP contribution < -0.4 is 0 Å². The Morgan fingerprint density at radius 1 is 0.840 bits per heavy atom. The second kappa shape index (κ2) is 6.96. The van der Waals surface area contributed by atoms with Crippen molar-refractivity contribution in [1.82, 2.24) is 0 Å². The monoisotopic (exact) mass is 392 g/mol. The average Bonchev–Trinajstić information content (AvgIpc) is 2.64. The lowest BCUT2D eigenvalue weighted by molar-refractivity contribution is 0.271. The molecule has 0 bridgehead atoms. The molecule has 0 nitrogen and oxygen atoms in total. The Bertz CT molecular complexity index is 825. The van der Waals surface area contributed by atoms with Gasteiger partial charge in [0.2, 0.25) is 0 Å². The summed E-state index contributed by atoms with van der Waals surface area (Å²) < 4.78 is 1.15. The summed E-state index contributed by atoms with van der Waals surface area (Å²) >= 11 is 3.56. The third kappa shape index (κ3) is 2.73. The molecule has 0 saturated heterocycles. The Labute approximate surface area is 159 Å². The molecule has 0 N–H and O–H groups in total.